The number of nitrogens with one attached hydrogen (secondary N) is 1. The normalized spacial score (nSPS) is 11.5. The zero-order valence-corrected chi connectivity index (χ0v) is 19.4. The van der Waals surface area contributed by atoms with Crippen LogP contribution in [0.5, 0.6) is 0 Å². The van der Waals surface area contributed by atoms with Gasteiger partial charge < -0.3 is 9.88 Å². The van der Waals surface area contributed by atoms with Crippen LogP contribution in [-0.4, -0.2) is 23.9 Å². The summed E-state index contributed by atoms with van der Waals surface area (Å²) in [5.41, 5.74) is 1.84. The van der Waals surface area contributed by atoms with E-state index in [-0.39, 0.29) is 28.4 Å². The molecule has 4 rings (SSSR count). The summed E-state index contributed by atoms with van der Waals surface area (Å²) in [6.07, 6.45) is 1.18. The molecule has 9 heteroatoms. The Labute approximate surface area is 195 Å². The van der Waals surface area contributed by atoms with Crippen molar-refractivity contribution in [1.29, 1.82) is 0 Å². The van der Waals surface area contributed by atoms with Gasteiger partial charge in [-0.1, -0.05) is 29.3 Å². The largest absolute Gasteiger partial charge is 0.325 e. The highest BCUT2D eigenvalue weighted by Gasteiger charge is 2.25. The average molecular weight is 482 g/mol. The average Bonchev–Trinajstić information content (AvgIpc) is 2.77. The summed E-state index contributed by atoms with van der Waals surface area (Å²) >= 11 is 5.88. The Bertz CT molecular complexity index is 1530. The topological polar surface area (TPSA) is 98.1 Å². The molecule has 0 aliphatic rings. The smallest absolute Gasteiger partial charge is 0.244 e. The number of hydrogen-bond acceptors (Lipinski definition) is 5. The van der Waals surface area contributed by atoms with E-state index in [4.69, 9.17) is 11.6 Å². The number of anilines is 1. The van der Waals surface area contributed by atoms with Crippen LogP contribution in [-0.2, 0) is 21.2 Å². The SMILES string of the molecule is Cc1ccc(NC(=O)Cn2cc(S(=O)(=O)c3ccc(Cl)cc3)c(=O)c3ccc(C)nc32)cc1. The van der Waals surface area contributed by atoms with Crippen LogP contribution in [0.4, 0.5) is 5.69 Å². The van der Waals surface area contributed by atoms with E-state index in [9.17, 15) is 18.0 Å². The minimum atomic E-state index is -4.16. The minimum Gasteiger partial charge on any atom is -0.325 e. The third-order valence-electron chi connectivity index (χ3n) is 5.09. The summed E-state index contributed by atoms with van der Waals surface area (Å²) < 4.78 is 27.9. The molecular weight excluding hydrogens is 462 g/mol. The van der Waals surface area contributed by atoms with Crippen LogP contribution in [0.15, 0.2) is 81.4 Å². The van der Waals surface area contributed by atoms with Crippen molar-refractivity contribution >= 4 is 44.1 Å². The molecule has 0 fully saturated rings. The van der Waals surface area contributed by atoms with Gasteiger partial charge in [-0.15, -0.1) is 0 Å². The number of aryl methyl sites for hydroxylation is 2. The standard InChI is InChI=1S/C24H20ClN3O4S/c1-15-3-8-18(9-4-15)27-22(29)14-28-13-21(23(30)20-12-5-16(2)26-24(20)28)33(31,32)19-10-6-17(25)7-11-19/h3-13H,14H2,1-2H3,(H,27,29). The second-order valence-electron chi connectivity index (χ2n) is 7.65. The van der Waals surface area contributed by atoms with Gasteiger partial charge in [-0.3, -0.25) is 9.59 Å². The highest BCUT2D eigenvalue weighted by atomic mass is 35.5. The Morgan fingerprint density at radius 3 is 2.33 bits per heavy atom. The number of benzene rings is 2. The van der Waals surface area contributed by atoms with Gasteiger partial charge in [0.05, 0.1) is 10.3 Å². The summed E-state index contributed by atoms with van der Waals surface area (Å²) in [4.78, 5) is 29.8. The molecule has 0 unspecified atom stereocenters. The van der Waals surface area contributed by atoms with E-state index < -0.39 is 20.2 Å². The Morgan fingerprint density at radius 1 is 1.00 bits per heavy atom. The fraction of sp³-hybridized carbons (Fsp3) is 0.125. The van der Waals surface area contributed by atoms with Gasteiger partial charge in [-0.05, 0) is 62.4 Å². The summed E-state index contributed by atoms with van der Waals surface area (Å²) in [5.74, 6) is -0.387. The molecule has 0 aliphatic carbocycles. The number of rotatable bonds is 5. The molecule has 2 heterocycles. The summed E-state index contributed by atoms with van der Waals surface area (Å²) in [6.45, 7) is 3.46. The van der Waals surface area contributed by atoms with Crippen LogP contribution in [0.2, 0.25) is 5.02 Å². The Balaban J connectivity index is 1.81. The number of amides is 1. The van der Waals surface area contributed by atoms with Gasteiger partial charge in [0.1, 0.15) is 17.1 Å². The van der Waals surface area contributed by atoms with Gasteiger partial charge in [0.2, 0.25) is 21.2 Å². The molecule has 7 nitrogen and oxygen atoms in total. The maximum absolute atomic E-state index is 13.3. The van der Waals surface area contributed by atoms with Gasteiger partial charge in [-0.2, -0.15) is 0 Å². The lowest BCUT2D eigenvalue weighted by atomic mass is 10.2. The van der Waals surface area contributed by atoms with Crippen molar-refractivity contribution in [2.24, 2.45) is 0 Å². The van der Waals surface area contributed by atoms with Crippen molar-refractivity contribution in [2.45, 2.75) is 30.2 Å². The number of carbonyl (C=O) groups is 1. The number of aromatic nitrogens is 2. The van der Waals surface area contributed by atoms with Crippen LogP contribution < -0.4 is 10.7 Å². The summed E-state index contributed by atoms with van der Waals surface area (Å²) in [6, 6.07) is 16.0. The summed E-state index contributed by atoms with van der Waals surface area (Å²) in [5, 5.41) is 3.26. The van der Waals surface area contributed by atoms with Crippen molar-refractivity contribution in [1.82, 2.24) is 9.55 Å². The van der Waals surface area contributed by atoms with Crippen molar-refractivity contribution < 1.29 is 13.2 Å². The Kier molecular flexibility index (Phi) is 6.05. The number of halogens is 1. The number of pyridine rings is 2. The van der Waals surface area contributed by atoms with Crippen molar-refractivity contribution in [3.8, 4) is 0 Å². The molecular formula is C24H20ClN3O4S. The molecule has 1 amide bonds. The van der Waals surface area contributed by atoms with E-state index in [0.29, 0.717) is 16.4 Å². The zero-order chi connectivity index (χ0) is 23.8. The van der Waals surface area contributed by atoms with Crippen LogP contribution >= 0.6 is 11.6 Å². The van der Waals surface area contributed by atoms with Gasteiger partial charge in [0.15, 0.2) is 0 Å². The lowest BCUT2D eigenvalue weighted by Gasteiger charge is -2.14. The molecule has 1 N–H and O–H groups in total. The highest BCUT2D eigenvalue weighted by Crippen LogP contribution is 2.22. The molecule has 0 saturated heterocycles. The molecule has 0 bridgehead atoms. The number of sulfone groups is 1. The molecule has 2 aromatic heterocycles. The quantitative estimate of drug-likeness (QED) is 0.462. The Morgan fingerprint density at radius 2 is 1.67 bits per heavy atom. The first kappa shape index (κ1) is 22.7. The molecule has 33 heavy (non-hydrogen) atoms. The first-order valence-corrected chi connectivity index (χ1v) is 11.9. The number of hydrogen-bond donors (Lipinski definition) is 1. The van der Waals surface area contributed by atoms with Crippen LogP contribution in [0.3, 0.4) is 0 Å². The fourth-order valence-electron chi connectivity index (χ4n) is 3.38. The highest BCUT2D eigenvalue weighted by molar-refractivity contribution is 7.91. The van der Waals surface area contributed by atoms with Crippen molar-refractivity contribution in [3.05, 3.63) is 93.4 Å². The first-order chi connectivity index (χ1) is 15.6. The van der Waals surface area contributed by atoms with Crippen LogP contribution in [0.1, 0.15) is 11.3 Å². The molecule has 0 atom stereocenters. The van der Waals surface area contributed by atoms with Crippen molar-refractivity contribution in [3.63, 3.8) is 0 Å². The monoisotopic (exact) mass is 481 g/mol. The number of carbonyl (C=O) groups excluding carboxylic acids is 1. The molecule has 0 radical (unpaired) electrons. The predicted octanol–water partition coefficient (Wildman–Crippen LogP) is 4.14. The lowest BCUT2D eigenvalue weighted by Crippen LogP contribution is -2.24. The van der Waals surface area contributed by atoms with Crippen LogP contribution in [0, 0.1) is 13.8 Å². The third kappa shape index (κ3) is 4.67. The molecule has 0 saturated carbocycles. The van der Waals surface area contributed by atoms with Gasteiger partial charge in [-0.25, -0.2) is 13.4 Å². The van der Waals surface area contributed by atoms with Gasteiger partial charge in [0.25, 0.3) is 0 Å². The number of nitrogens with zero attached hydrogens (tertiary/aromatic N) is 2. The van der Waals surface area contributed by atoms with E-state index in [1.165, 1.54) is 41.1 Å². The fourth-order valence-corrected chi connectivity index (χ4v) is 4.87. The molecule has 0 aliphatic heterocycles. The van der Waals surface area contributed by atoms with Crippen LogP contribution in [0.25, 0.3) is 11.0 Å². The van der Waals surface area contributed by atoms with E-state index >= 15 is 0 Å². The van der Waals surface area contributed by atoms with Gasteiger partial charge >= 0.3 is 0 Å². The maximum atomic E-state index is 13.3. The maximum Gasteiger partial charge on any atom is 0.244 e. The summed E-state index contributed by atoms with van der Waals surface area (Å²) in [7, 11) is -4.16. The van der Waals surface area contributed by atoms with E-state index in [1.54, 1.807) is 25.1 Å². The minimum absolute atomic E-state index is 0.0703. The molecule has 2 aromatic carbocycles. The third-order valence-corrected chi connectivity index (χ3v) is 7.11. The second-order valence-corrected chi connectivity index (χ2v) is 10.0. The number of fused-ring (bicyclic) bond motifs is 1. The van der Waals surface area contributed by atoms with E-state index in [1.807, 2.05) is 19.1 Å². The zero-order valence-electron chi connectivity index (χ0n) is 17.9. The van der Waals surface area contributed by atoms with E-state index in [0.717, 1.165) is 5.56 Å². The molecule has 0 spiro atoms. The Hall–Kier alpha value is -3.49. The predicted molar refractivity (Wildman–Crippen MR) is 127 cm³/mol. The molecule has 168 valence electrons. The van der Waals surface area contributed by atoms with Crippen molar-refractivity contribution in [2.75, 3.05) is 5.32 Å². The van der Waals surface area contributed by atoms with Gasteiger partial charge in [0, 0.05) is 22.6 Å². The first-order valence-electron chi connectivity index (χ1n) is 10.0. The molecule has 4 aromatic rings. The van der Waals surface area contributed by atoms with E-state index in [2.05, 4.69) is 10.3 Å². The second kappa shape index (κ2) is 8.80. The lowest BCUT2D eigenvalue weighted by molar-refractivity contribution is -0.116.